The van der Waals surface area contributed by atoms with Gasteiger partial charge in [-0.05, 0) is 43.4 Å². The van der Waals surface area contributed by atoms with Crippen molar-refractivity contribution in [3.8, 4) is 0 Å². The van der Waals surface area contributed by atoms with Crippen LogP contribution in [0.4, 0.5) is 0 Å². The van der Waals surface area contributed by atoms with E-state index in [0.29, 0.717) is 5.92 Å². The molecule has 3 atom stereocenters. The monoisotopic (exact) mass is 248 g/mol. The van der Waals surface area contributed by atoms with Crippen molar-refractivity contribution in [2.24, 2.45) is 17.8 Å². The number of rotatable bonds is 5. The minimum Gasteiger partial charge on any atom is -0.395 e. The number of aliphatic hydroxyl groups is 1. The van der Waals surface area contributed by atoms with Crippen molar-refractivity contribution in [3.05, 3.63) is 0 Å². The van der Waals surface area contributed by atoms with Crippen LogP contribution < -0.4 is 0 Å². The van der Waals surface area contributed by atoms with Gasteiger partial charge in [-0.15, -0.1) is 0 Å². The standard InChI is InChI=1S/C12H24O3S/c1-10-7-11(2)9-12(8-10)3-5-16(14,15)6-4-13/h10-13H,3-9H2,1-2H3/t10-,11+,12?. The fraction of sp³-hybridized carbons (Fsp3) is 1.00. The van der Waals surface area contributed by atoms with Crippen LogP contribution in [0.3, 0.4) is 0 Å². The summed E-state index contributed by atoms with van der Waals surface area (Å²) in [4.78, 5) is 0. The Hall–Kier alpha value is -0.0900. The minimum atomic E-state index is -3.02. The van der Waals surface area contributed by atoms with E-state index < -0.39 is 9.84 Å². The zero-order valence-electron chi connectivity index (χ0n) is 10.4. The second-order valence-corrected chi connectivity index (χ2v) is 7.75. The molecule has 0 heterocycles. The van der Waals surface area contributed by atoms with Crippen LogP contribution >= 0.6 is 0 Å². The van der Waals surface area contributed by atoms with E-state index in [2.05, 4.69) is 13.8 Å². The average Bonchev–Trinajstić information content (AvgIpc) is 2.13. The lowest BCUT2D eigenvalue weighted by Gasteiger charge is -2.31. The molecule has 16 heavy (non-hydrogen) atoms. The predicted molar refractivity (Wildman–Crippen MR) is 66.0 cm³/mol. The second kappa shape index (κ2) is 6.01. The number of hydrogen-bond donors (Lipinski definition) is 1. The van der Waals surface area contributed by atoms with Gasteiger partial charge in [-0.2, -0.15) is 0 Å². The smallest absolute Gasteiger partial charge is 0.152 e. The predicted octanol–water partition coefficient (Wildman–Crippen LogP) is 1.86. The SMILES string of the molecule is C[C@@H]1CC(CCS(=O)(=O)CCO)C[C@H](C)C1. The first-order valence-electron chi connectivity index (χ1n) is 6.24. The summed E-state index contributed by atoms with van der Waals surface area (Å²) in [7, 11) is -3.02. The molecule has 0 radical (unpaired) electrons. The van der Waals surface area contributed by atoms with Gasteiger partial charge in [-0.25, -0.2) is 8.42 Å². The molecule has 1 aliphatic carbocycles. The third-order valence-electron chi connectivity index (χ3n) is 3.52. The van der Waals surface area contributed by atoms with Crippen molar-refractivity contribution in [1.82, 2.24) is 0 Å². The average molecular weight is 248 g/mol. The van der Waals surface area contributed by atoms with Gasteiger partial charge >= 0.3 is 0 Å². The van der Waals surface area contributed by atoms with Crippen LogP contribution in [0.1, 0.15) is 39.5 Å². The van der Waals surface area contributed by atoms with E-state index in [-0.39, 0.29) is 18.1 Å². The molecule has 0 aromatic carbocycles. The molecule has 1 unspecified atom stereocenters. The number of sulfone groups is 1. The highest BCUT2D eigenvalue weighted by molar-refractivity contribution is 7.91. The van der Waals surface area contributed by atoms with Gasteiger partial charge in [-0.1, -0.05) is 13.8 Å². The van der Waals surface area contributed by atoms with Crippen LogP contribution in [0.15, 0.2) is 0 Å². The van der Waals surface area contributed by atoms with Crippen LogP contribution in [0, 0.1) is 17.8 Å². The van der Waals surface area contributed by atoms with Crippen LogP contribution in [0.5, 0.6) is 0 Å². The normalized spacial score (nSPS) is 31.6. The molecule has 0 aliphatic heterocycles. The zero-order valence-corrected chi connectivity index (χ0v) is 11.2. The number of aliphatic hydroxyl groups excluding tert-OH is 1. The largest absolute Gasteiger partial charge is 0.395 e. The first kappa shape index (κ1) is 14.0. The molecule has 1 rings (SSSR count). The van der Waals surface area contributed by atoms with Crippen molar-refractivity contribution in [3.63, 3.8) is 0 Å². The van der Waals surface area contributed by atoms with Gasteiger partial charge in [0.1, 0.15) is 0 Å². The van der Waals surface area contributed by atoms with E-state index in [1.807, 2.05) is 0 Å². The summed E-state index contributed by atoms with van der Waals surface area (Å²) >= 11 is 0. The van der Waals surface area contributed by atoms with Crippen LogP contribution in [0.25, 0.3) is 0 Å². The lowest BCUT2D eigenvalue weighted by atomic mass is 9.76. The quantitative estimate of drug-likeness (QED) is 0.808. The molecule has 0 saturated heterocycles. The Balaban J connectivity index is 2.37. The molecule has 1 fully saturated rings. The van der Waals surface area contributed by atoms with Crippen molar-refractivity contribution < 1.29 is 13.5 Å². The zero-order chi connectivity index (χ0) is 12.2. The Kier molecular flexibility index (Phi) is 5.25. The first-order valence-corrected chi connectivity index (χ1v) is 8.06. The summed E-state index contributed by atoms with van der Waals surface area (Å²) < 4.78 is 23.0. The van der Waals surface area contributed by atoms with Gasteiger partial charge in [0.25, 0.3) is 0 Å². The highest BCUT2D eigenvalue weighted by atomic mass is 32.2. The van der Waals surface area contributed by atoms with E-state index >= 15 is 0 Å². The van der Waals surface area contributed by atoms with Gasteiger partial charge in [0.15, 0.2) is 9.84 Å². The molecule has 4 heteroatoms. The molecule has 0 spiro atoms. The lowest BCUT2D eigenvalue weighted by molar-refractivity contribution is 0.215. The summed E-state index contributed by atoms with van der Waals surface area (Å²) in [6, 6.07) is 0. The van der Waals surface area contributed by atoms with E-state index in [1.54, 1.807) is 0 Å². The maximum Gasteiger partial charge on any atom is 0.152 e. The van der Waals surface area contributed by atoms with Crippen LogP contribution in [-0.4, -0.2) is 31.6 Å². The molecule has 96 valence electrons. The Labute approximate surface area is 99.2 Å². The third-order valence-corrected chi connectivity index (χ3v) is 5.18. The molecular formula is C12H24O3S. The lowest BCUT2D eigenvalue weighted by Crippen LogP contribution is -2.23. The molecule has 1 N–H and O–H groups in total. The Morgan fingerprint density at radius 1 is 1.06 bits per heavy atom. The van der Waals surface area contributed by atoms with Gasteiger partial charge in [0.05, 0.1) is 18.1 Å². The van der Waals surface area contributed by atoms with Crippen molar-refractivity contribution in [2.45, 2.75) is 39.5 Å². The van der Waals surface area contributed by atoms with Crippen molar-refractivity contribution in [2.75, 3.05) is 18.1 Å². The molecular weight excluding hydrogens is 224 g/mol. The van der Waals surface area contributed by atoms with E-state index in [9.17, 15) is 8.42 Å². The molecule has 0 amide bonds. The summed E-state index contributed by atoms with van der Waals surface area (Å²) in [6.45, 7) is 4.26. The van der Waals surface area contributed by atoms with Crippen LogP contribution in [-0.2, 0) is 9.84 Å². The highest BCUT2D eigenvalue weighted by Gasteiger charge is 2.25. The summed E-state index contributed by atoms with van der Waals surface area (Å²) in [5.41, 5.74) is 0. The Bertz CT molecular complexity index is 287. The summed E-state index contributed by atoms with van der Waals surface area (Å²) in [5.74, 6) is 2.19. The third kappa shape index (κ3) is 4.83. The fourth-order valence-electron chi connectivity index (χ4n) is 2.94. The minimum absolute atomic E-state index is 0.0785. The Morgan fingerprint density at radius 2 is 1.62 bits per heavy atom. The van der Waals surface area contributed by atoms with Gasteiger partial charge in [0, 0.05) is 0 Å². The molecule has 0 bridgehead atoms. The van der Waals surface area contributed by atoms with Gasteiger partial charge < -0.3 is 5.11 Å². The maximum absolute atomic E-state index is 11.5. The fourth-order valence-corrected chi connectivity index (χ4v) is 4.11. The molecule has 0 aromatic rings. The molecule has 1 saturated carbocycles. The van der Waals surface area contributed by atoms with E-state index in [0.717, 1.165) is 18.3 Å². The second-order valence-electron chi connectivity index (χ2n) is 5.45. The van der Waals surface area contributed by atoms with Crippen molar-refractivity contribution >= 4 is 9.84 Å². The molecule has 3 nitrogen and oxygen atoms in total. The topological polar surface area (TPSA) is 54.4 Å². The first-order chi connectivity index (χ1) is 7.43. The maximum atomic E-state index is 11.5. The van der Waals surface area contributed by atoms with Gasteiger partial charge in [0.2, 0.25) is 0 Å². The molecule has 1 aliphatic rings. The van der Waals surface area contributed by atoms with Gasteiger partial charge in [-0.3, -0.25) is 0 Å². The van der Waals surface area contributed by atoms with E-state index in [4.69, 9.17) is 5.11 Å². The summed E-state index contributed by atoms with van der Waals surface area (Å²) in [6.07, 6.45) is 4.38. The summed E-state index contributed by atoms with van der Waals surface area (Å²) in [5, 5.41) is 8.64. The highest BCUT2D eigenvalue weighted by Crippen LogP contribution is 2.34. The number of hydrogen-bond acceptors (Lipinski definition) is 3. The van der Waals surface area contributed by atoms with E-state index in [1.165, 1.54) is 19.3 Å². The van der Waals surface area contributed by atoms with Crippen molar-refractivity contribution in [1.29, 1.82) is 0 Å². The molecule has 0 aromatic heterocycles. The van der Waals surface area contributed by atoms with Crippen LogP contribution in [0.2, 0.25) is 0 Å². The Morgan fingerprint density at radius 3 is 2.12 bits per heavy atom.